The number of nitrogens with one attached hydrogen (secondary N) is 2. The fraction of sp³-hybridized carbons (Fsp3) is 0.192. The van der Waals surface area contributed by atoms with Crippen molar-refractivity contribution in [3.63, 3.8) is 0 Å². The lowest BCUT2D eigenvalue weighted by Gasteiger charge is -2.23. The Morgan fingerprint density at radius 1 is 0.857 bits per heavy atom. The second-order valence-electron chi connectivity index (χ2n) is 7.74. The molecule has 0 saturated heterocycles. The molecule has 2 amide bonds. The number of rotatable bonds is 10. The Hall–Kier alpha value is -4.53. The zero-order chi connectivity index (χ0) is 25.2. The van der Waals surface area contributed by atoms with Crippen molar-refractivity contribution in [1.29, 1.82) is 0 Å². The first-order valence-electron chi connectivity index (χ1n) is 10.9. The van der Waals surface area contributed by atoms with Crippen molar-refractivity contribution >= 4 is 23.5 Å². The minimum atomic E-state index is -1.04. The van der Waals surface area contributed by atoms with Gasteiger partial charge in [0.15, 0.2) is 0 Å². The monoisotopic (exact) mass is 475 g/mol. The molecule has 0 aliphatic rings. The summed E-state index contributed by atoms with van der Waals surface area (Å²) in [5.74, 6) is -2.29. The van der Waals surface area contributed by atoms with E-state index < -0.39 is 34.7 Å². The lowest BCUT2D eigenvalue weighted by molar-refractivity contribution is -0.384. The highest BCUT2D eigenvalue weighted by molar-refractivity contribution is 5.93. The Labute approximate surface area is 202 Å². The summed E-state index contributed by atoms with van der Waals surface area (Å²) in [4.78, 5) is 48.4. The topological polar surface area (TPSA) is 128 Å². The van der Waals surface area contributed by atoms with Gasteiger partial charge in [0.2, 0.25) is 11.8 Å². The molecule has 1 atom stereocenters. The number of amides is 2. The van der Waals surface area contributed by atoms with Crippen LogP contribution in [0, 0.1) is 10.1 Å². The number of hydrogen-bond donors (Lipinski definition) is 2. The number of benzene rings is 3. The molecular weight excluding hydrogens is 450 g/mol. The summed E-state index contributed by atoms with van der Waals surface area (Å²) in [5, 5.41) is 16.2. The molecule has 3 rings (SSSR count). The van der Waals surface area contributed by atoms with Crippen LogP contribution in [0.4, 0.5) is 5.69 Å². The van der Waals surface area contributed by atoms with Crippen LogP contribution in [-0.4, -0.2) is 42.4 Å². The largest absolute Gasteiger partial charge is 0.468 e. The van der Waals surface area contributed by atoms with E-state index in [4.69, 9.17) is 0 Å². The Bertz CT molecular complexity index is 1130. The third-order valence-electron chi connectivity index (χ3n) is 5.38. The Balaban J connectivity index is 1.87. The van der Waals surface area contributed by atoms with E-state index in [1.165, 1.54) is 31.4 Å². The fourth-order valence-corrected chi connectivity index (χ4v) is 3.59. The van der Waals surface area contributed by atoms with Gasteiger partial charge >= 0.3 is 5.97 Å². The van der Waals surface area contributed by atoms with Crippen molar-refractivity contribution in [2.24, 2.45) is 0 Å². The zero-order valence-corrected chi connectivity index (χ0v) is 19.0. The number of ether oxygens (including phenoxy) is 1. The summed E-state index contributed by atoms with van der Waals surface area (Å²) < 4.78 is 4.56. The van der Waals surface area contributed by atoms with E-state index in [9.17, 15) is 24.5 Å². The molecule has 0 fully saturated rings. The molecule has 0 bridgehead atoms. The van der Waals surface area contributed by atoms with E-state index in [1.54, 1.807) is 0 Å². The van der Waals surface area contributed by atoms with E-state index in [0.717, 1.165) is 11.1 Å². The van der Waals surface area contributed by atoms with Gasteiger partial charge in [-0.1, -0.05) is 72.8 Å². The first-order chi connectivity index (χ1) is 16.9. The Morgan fingerprint density at radius 3 is 1.89 bits per heavy atom. The van der Waals surface area contributed by atoms with Crippen LogP contribution in [0.2, 0.25) is 0 Å². The SMILES string of the molecule is COC(=O)CNC(=O)[C@@H](Cc1ccc([N+](=O)[O-])cc1)NC(=O)C(c1ccccc1)c1ccccc1. The van der Waals surface area contributed by atoms with Crippen molar-refractivity contribution in [3.8, 4) is 0 Å². The molecule has 3 aromatic carbocycles. The minimum absolute atomic E-state index is 0.0625. The number of nitro groups is 1. The van der Waals surface area contributed by atoms with Crippen LogP contribution in [0.3, 0.4) is 0 Å². The van der Waals surface area contributed by atoms with Crippen molar-refractivity contribution in [2.45, 2.75) is 18.4 Å². The highest BCUT2D eigenvalue weighted by atomic mass is 16.6. The quantitative estimate of drug-likeness (QED) is 0.264. The van der Waals surface area contributed by atoms with Crippen LogP contribution >= 0.6 is 0 Å². The number of nitro benzene ring substituents is 1. The highest BCUT2D eigenvalue weighted by Gasteiger charge is 2.28. The minimum Gasteiger partial charge on any atom is -0.468 e. The van der Waals surface area contributed by atoms with Crippen molar-refractivity contribution < 1.29 is 24.0 Å². The van der Waals surface area contributed by atoms with E-state index in [0.29, 0.717) is 5.56 Å². The second kappa shape index (κ2) is 12.1. The maximum atomic E-state index is 13.5. The van der Waals surface area contributed by atoms with Gasteiger partial charge in [-0.3, -0.25) is 24.5 Å². The summed E-state index contributed by atoms with van der Waals surface area (Å²) in [7, 11) is 1.20. The van der Waals surface area contributed by atoms with Gasteiger partial charge in [-0.2, -0.15) is 0 Å². The Kier molecular flexibility index (Phi) is 8.66. The molecule has 0 heterocycles. The molecule has 9 nitrogen and oxygen atoms in total. The molecule has 0 saturated carbocycles. The van der Waals surface area contributed by atoms with E-state index in [2.05, 4.69) is 15.4 Å². The summed E-state index contributed by atoms with van der Waals surface area (Å²) in [5.41, 5.74) is 2.02. The standard InChI is InChI=1S/C26H25N3O6/c1-35-23(30)17-27-25(31)22(16-18-12-14-21(15-13-18)29(33)34)28-26(32)24(19-8-4-2-5-9-19)20-10-6-3-7-11-20/h2-15,22,24H,16-17H2,1H3,(H,27,31)(H,28,32)/t22-/m1/s1. The van der Waals surface area contributed by atoms with E-state index in [1.807, 2.05) is 60.7 Å². The van der Waals surface area contributed by atoms with Gasteiger partial charge in [0.25, 0.3) is 5.69 Å². The molecule has 3 aromatic rings. The molecule has 0 aromatic heterocycles. The van der Waals surface area contributed by atoms with Crippen molar-refractivity contribution in [2.75, 3.05) is 13.7 Å². The van der Waals surface area contributed by atoms with Gasteiger partial charge in [0.05, 0.1) is 18.0 Å². The second-order valence-corrected chi connectivity index (χ2v) is 7.74. The van der Waals surface area contributed by atoms with Gasteiger partial charge in [0.1, 0.15) is 12.6 Å². The zero-order valence-electron chi connectivity index (χ0n) is 19.0. The number of nitrogens with zero attached hydrogens (tertiary/aromatic N) is 1. The van der Waals surface area contributed by atoms with Gasteiger partial charge in [0, 0.05) is 18.6 Å². The number of non-ortho nitro benzene ring substituents is 1. The first-order valence-corrected chi connectivity index (χ1v) is 10.9. The number of carbonyl (C=O) groups excluding carboxylic acids is 3. The molecule has 9 heteroatoms. The summed E-state index contributed by atoms with van der Waals surface area (Å²) in [6.45, 7) is -0.358. The van der Waals surface area contributed by atoms with E-state index >= 15 is 0 Å². The maximum Gasteiger partial charge on any atom is 0.325 e. The third kappa shape index (κ3) is 6.97. The predicted molar refractivity (Wildman–Crippen MR) is 128 cm³/mol. The van der Waals surface area contributed by atoms with Gasteiger partial charge in [-0.25, -0.2) is 0 Å². The molecule has 180 valence electrons. The molecule has 0 radical (unpaired) electrons. The summed E-state index contributed by atoms with van der Waals surface area (Å²) in [6.07, 6.45) is 0.0625. The smallest absolute Gasteiger partial charge is 0.325 e. The Morgan fingerprint density at radius 2 is 1.40 bits per heavy atom. The lowest BCUT2D eigenvalue weighted by Crippen LogP contribution is -2.50. The summed E-state index contributed by atoms with van der Waals surface area (Å²) >= 11 is 0. The highest BCUT2D eigenvalue weighted by Crippen LogP contribution is 2.25. The fourth-order valence-electron chi connectivity index (χ4n) is 3.59. The van der Waals surface area contributed by atoms with Crippen LogP contribution in [0.5, 0.6) is 0 Å². The molecule has 0 aliphatic heterocycles. The number of esters is 1. The lowest BCUT2D eigenvalue weighted by atomic mass is 9.90. The normalized spacial score (nSPS) is 11.4. The third-order valence-corrected chi connectivity index (χ3v) is 5.38. The van der Waals surface area contributed by atoms with Crippen LogP contribution in [0.25, 0.3) is 0 Å². The molecule has 0 unspecified atom stereocenters. The van der Waals surface area contributed by atoms with Crippen LogP contribution in [0.15, 0.2) is 84.9 Å². The molecule has 2 N–H and O–H groups in total. The number of carbonyl (C=O) groups is 3. The first kappa shape index (κ1) is 25.1. The maximum absolute atomic E-state index is 13.5. The van der Waals surface area contributed by atoms with Gasteiger partial charge in [-0.15, -0.1) is 0 Å². The van der Waals surface area contributed by atoms with Gasteiger partial charge < -0.3 is 15.4 Å². The molecular formula is C26H25N3O6. The van der Waals surface area contributed by atoms with Crippen molar-refractivity contribution in [3.05, 3.63) is 112 Å². The average molecular weight is 476 g/mol. The molecule has 0 aliphatic carbocycles. The van der Waals surface area contributed by atoms with Crippen LogP contribution < -0.4 is 10.6 Å². The average Bonchev–Trinajstić information content (AvgIpc) is 2.88. The molecule has 35 heavy (non-hydrogen) atoms. The molecule has 0 spiro atoms. The number of hydrogen-bond acceptors (Lipinski definition) is 6. The predicted octanol–water partition coefficient (Wildman–Crippen LogP) is 2.74. The van der Waals surface area contributed by atoms with Gasteiger partial charge in [-0.05, 0) is 16.7 Å². The summed E-state index contributed by atoms with van der Waals surface area (Å²) in [6, 6.07) is 23.0. The van der Waals surface area contributed by atoms with E-state index in [-0.39, 0.29) is 18.7 Å². The number of methoxy groups -OCH3 is 1. The van der Waals surface area contributed by atoms with Crippen LogP contribution in [-0.2, 0) is 25.5 Å². The van der Waals surface area contributed by atoms with Crippen molar-refractivity contribution in [1.82, 2.24) is 10.6 Å². The van der Waals surface area contributed by atoms with Crippen LogP contribution in [0.1, 0.15) is 22.6 Å².